The zero-order chi connectivity index (χ0) is 15.5. The predicted molar refractivity (Wildman–Crippen MR) is 79.9 cm³/mol. The largest absolute Gasteiger partial charge is 0.343 e. The Hall–Kier alpha value is -0.580. The molecule has 0 unspecified atom stereocenters. The van der Waals surface area contributed by atoms with E-state index in [0.717, 1.165) is 0 Å². The first kappa shape index (κ1) is 18.4. The molecular weight excluding hydrogens is 262 g/mol. The summed E-state index contributed by atoms with van der Waals surface area (Å²) < 4.78 is 23.4. The Bertz CT molecular complexity index is 401. The lowest BCUT2D eigenvalue weighted by atomic mass is 9.88. The van der Waals surface area contributed by atoms with E-state index in [2.05, 4.69) is 0 Å². The fourth-order valence-electron chi connectivity index (χ4n) is 1.74. The second-order valence-electron chi connectivity index (χ2n) is 6.54. The quantitative estimate of drug-likeness (QED) is 0.755. The van der Waals surface area contributed by atoms with Crippen molar-refractivity contribution in [1.82, 2.24) is 4.90 Å². The zero-order valence-electron chi connectivity index (χ0n) is 13.4. The molecule has 0 saturated carbocycles. The average Bonchev–Trinajstić information content (AvgIpc) is 2.26. The SMILES string of the molecule is CCN(CC)C(=O)C(C)(C)CCS(=O)(=O)C(C)(C)C. The van der Waals surface area contributed by atoms with E-state index >= 15 is 0 Å². The number of hydrogen-bond acceptors (Lipinski definition) is 3. The van der Waals surface area contributed by atoms with Crippen molar-refractivity contribution in [2.45, 2.75) is 59.6 Å². The van der Waals surface area contributed by atoms with Crippen LogP contribution < -0.4 is 0 Å². The predicted octanol–water partition coefficient (Wildman–Crippen LogP) is 2.48. The first-order valence-corrected chi connectivity index (χ1v) is 8.56. The molecular formula is C14H29NO3S. The summed E-state index contributed by atoms with van der Waals surface area (Å²) in [6.45, 7) is 13.9. The summed E-state index contributed by atoms with van der Waals surface area (Å²) in [5.41, 5.74) is -0.635. The molecule has 0 aliphatic heterocycles. The molecule has 0 atom stereocenters. The van der Waals surface area contributed by atoms with E-state index in [4.69, 9.17) is 0 Å². The van der Waals surface area contributed by atoms with Crippen LogP contribution in [0.1, 0.15) is 54.9 Å². The van der Waals surface area contributed by atoms with Gasteiger partial charge in [-0.1, -0.05) is 13.8 Å². The summed E-state index contributed by atoms with van der Waals surface area (Å²) in [6.07, 6.45) is 0.363. The first-order chi connectivity index (χ1) is 8.39. The Labute approximate surface area is 118 Å². The van der Waals surface area contributed by atoms with E-state index in [0.29, 0.717) is 19.5 Å². The van der Waals surface area contributed by atoms with Crippen molar-refractivity contribution in [3.05, 3.63) is 0 Å². The highest BCUT2D eigenvalue weighted by Crippen LogP contribution is 2.27. The van der Waals surface area contributed by atoms with Gasteiger partial charge in [0.05, 0.1) is 10.5 Å². The van der Waals surface area contributed by atoms with Gasteiger partial charge in [-0.05, 0) is 41.0 Å². The summed E-state index contributed by atoms with van der Waals surface area (Å²) in [5.74, 6) is 0.0814. The number of hydrogen-bond donors (Lipinski definition) is 0. The van der Waals surface area contributed by atoms with E-state index < -0.39 is 20.0 Å². The van der Waals surface area contributed by atoms with Gasteiger partial charge in [-0.25, -0.2) is 8.42 Å². The van der Waals surface area contributed by atoms with Gasteiger partial charge in [0.15, 0.2) is 9.84 Å². The van der Waals surface area contributed by atoms with Gasteiger partial charge in [0.1, 0.15) is 0 Å². The molecule has 0 radical (unpaired) electrons. The van der Waals surface area contributed by atoms with Gasteiger partial charge in [0.2, 0.25) is 5.91 Å². The lowest BCUT2D eigenvalue weighted by Gasteiger charge is -2.31. The van der Waals surface area contributed by atoms with Crippen molar-refractivity contribution in [2.75, 3.05) is 18.8 Å². The maximum atomic E-state index is 12.3. The van der Waals surface area contributed by atoms with Crippen LogP contribution >= 0.6 is 0 Å². The van der Waals surface area contributed by atoms with Crippen LogP contribution in [0.2, 0.25) is 0 Å². The lowest BCUT2D eigenvalue weighted by molar-refractivity contribution is -0.140. The van der Waals surface area contributed by atoms with Gasteiger partial charge >= 0.3 is 0 Å². The number of rotatable bonds is 6. The molecule has 1 amide bonds. The van der Waals surface area contributed by atoms with Crippen molar-refractivity contribution in [1.29, 1.82) is 0 Å². The maximum Gasteiger partial charge on any atom is 0.228 e. The highest BCUT2D eigenvalue weighted by atomic mass is 32.2. The minimum Gasteiger partial charge on any atom is -0.343 e. The number of carbonyl (C=O) groups is 1. The molecule has 0 bridgehead atoms. The Morgan fingerprint density at radius 1 is 1.00 bits per heavy atom. The van der Waals surface area contributed by atoms with Crippen molar-refractivity contribution < 1.29 is 13.2 Å². The van der Waals surface area contributed by atoms with Crippen LogP contribution in [0.5, 0.6) is 0 Å². The van der Waals surface area contributed by atoms with Gasteiger partial charge < -0.3 is 4.90 Å². The van der Waals surface area contributed by atoms with Gasteiger partial charge in [-0.15, -0.1) is 0 Å². The van der Waals surface area contributed by atoms with Crippen LogP contribution in [-0.4, -0.2) is 42.8 Å². The smallest absolute Gasteiger partial charge is 0.228 e. The fourth-order valence-corrected chi connectivity index (χ4v) is 3.13. The molecule has 5 heteroatoms. The average molecular weight is 291 g/mol. The van der Waals surface area contributed by atoms with Crippen LogP contribution in [0.15, 0.2) is 0 Å². The monoisotopic (exact) mass is 291 g/mol. The maximum absolute atomic E-state index is 12.3. The molecule has 0 aliphatic rings. The third kappa shape index (κ3) is 4.79. The van der Waals surface area contributed by atoms with Crippen LogP contribution in [0, 0.1) is 5.41 Å². The molecule has 0 aromatic rings. The summed E-state index contributed by atoms with van der Waals surface area (Å²) >= 11 is 0. The van der Waals surface area contributed by atoms with E-state index in [1.165, 1.54) is 0 Å². The molecule has 4 nitrogen and oxygen atoms in total. The molecule has 0 N–H and O–H groups in total. The third-order valence-corrected chi connectivity index (χ3v) is 6.17. The Morgan fingerprint density at radius 3 is 1.74 bits per heavy atom. The lowest BCUT2D eigenvalue weighted by Crippen LogP contribution is -2.42. The minimum absolute atomic E-state index is 0.0293. The topological polar surface area (TPSA) is 54.5 Å². The van der Waals surface area contributed by atoms with Crippen LogP contribution in [0.3, 0.4) is 0 Å². The number of amides is 1. The molecule has 19 heavy (non-hydrogen) atoms. The molecule has 0 spiro atoms. The van der Waals surface area contributed by atoms with Crippen molar-refractivity contribution in [2.24, 2.45) is 5.41 Å². The molecule has 0 aromatic carbocycles. The van der Waals surface area contributed by atoms with Gasteiger partial charge in [-0.2, -0.15) is 0 Å². The standard InChI is InChI=1S/C14H29NO3S/c1-8-15(9-2)12(16)14(6,7)10-11-19(17,18)13(3,4)5/h8-11H2,1-7H3. The molecule has 0 aliphatic carbocycles. The van der Waals surface area contributed by atoms with Gasteiger partial charge in [0.25, 0.3) is 0 Å². The molecule has 0 fully saturated rings. The normalized spacial score (nSPS) is 13.4. The van der Waals surface area contributed by atoms with Crippen molar-refractivity contribution in [3.63, 3.8) is 0 Å². The van der Waals surface area contributed by atoms with E-state index in [9.17, 15) is 13.2 Å². The summed E-state index contributed by atoms with van der Waals surface area (Å²) in [7, 11) is -3.17. The Morgan fingerprint density at radius 2 is 1.42 bits per heavy atom. The number of sulfone groups is 1. The molecule has 0 saturated heterocycles. The van der Waals surface area contributed by atoms with Gasteiger partial charge in [-0.3, -0.25) is 4.79 Å². The summed E-state index contributed by atoms with van der Waals surface area (Å²) in [4.78, 5) is 14.1. The molecule has 114 valence electrons. The fraction of sp³-hybridized carbons (Fsp3) is 0.929. The van der Waals surface area contributed by atoms with E-state index in [-0.39, 0.29) is 11.7 Å². The summed E-state index contributed by atoms with van der Waals surface area (Å²) in [6, 6.07) is 0. The summed E-state index contributed by atoms with van der Waals surface area (Å²) in [5, 5.41) is 0. The van der Waals surface area contributed by atoms with Crippen molar-refractivity contribution in [3.8, 4) is 0 Å². The van der Waals surface area contributed by atoms with Gasteiger partial charge in [0, 0.05) is 18.5 Å². The van der Waals surface area contributed by atoms with E-state index in [1.54, 1.807) is 25.7 Å². The van der Waals surface area contributed by atoms with Crippen LogP contribution in [0.25, 0.3) is 0 Å². The second kappa shape index (κ2) is 6.25. The zero-order valence-corrected chi connectivity index (χ0v) is 14.2. The Kier molecular flexibility index (Phi) is 6.06. The molecule has 0 aromatic heterocycles. The first-order valence-electron chi connectivity index (χ1n) is 6.90. The second-order valence-corrected chi connectivity index (χ2v) is 9.41. The van der Waals surface area contributed by atoms with Crippen LogP contribution in [0.4, 0.5) is 0 Å². The number of nitrogens with zero attached hydrogens (tertiary/aromatic N) is 1. The van der Waals surface area contributed by atoms with Crippen molar-refractivity contribution >= 4 is 15.7 Å². The van der Waals surface area contributed by atoms with E-state index in [1.807, 2.05) is 27.7 Å². The minimum atomic E-state index is -3.17. The molecule has 0 rings (SSSR count). The molecule has 0 heterocycles. The highest BCUT2D eigenvalue weighted by Gasteiger charge is 2.35. The highest BCUT2D eigenvalue weighted by molar-refractivity contribution is 7.92. The Balaban J connectivity index is 4.86. The van der Waals surface area contributed by atoms with Crippen LogP contribution in [-0.2, 0) is 14.6 Å². The number of carbonyl (C=O) groups excluding carboxylic acids is 1. The third-order valence-electron chi connectivity index (χ3n) is 3.56.